The number of carbonyl (C=O) groups excluding carboxylic acids is 1. The van der Waals surface area contributed by atoms with Crippen LogP contribution in [0.3, 0.4) is 0 Å². The maximum Gasteiger partial charge on any atom is 0.267 e. The smallest absolute Gasteiger partial charge is 0.267 e. The lowest BCUT2D eigenvalue weighted by atomic mass is 10.2. The van der Waals surface area contributed by atoms with E-state index in [0.717, 1.165) is 25.7 Å². The molecular formula is C28H31N3O6S2. The van der Waals surface area contributed by atoms with E-state index in [1.165, 1.54) is 32.9 Å². The average Bonchev–Trinajstić information content (AvgIpc) is 3.23. The molecule has 5 rings (SSSR count). The van der Waals surface area contributed by atoms with Gasteiger partial charge in [-0.3, -0.25) is 9.10 Å². The Kier molecular flexibility index (Phi) is 7.92. The Morgan fingerprint density at radius 2 is 1.46 bits per heavy atom. The molecule has 0 spiro atoms. The molecule has 0 aromatic heterocycles. The van der Waals surface area contributed by atoms with Gasteiger partial charge in [-0.15, -0.1) is 0 Å². The monoisotopic (exact) mass is 569 g/mol. The summed E-state index contributed by atoms with van der Waals surface area (Å²) < 4.78 is 61.6. The molecule has 0 unspecified atom stereocenters. The van der Waals surface area contributed by atoms with Crippen LogP contribution < -0.4 is 14.4 Å². The van der Waals surface area contributed by atoms with Crippen LogP contribution in [0.5, 0.6) is 5.75 Å². The van der Waals surface area contributed by atoms with Gasteiger partial charge >= 0.3 is 0 Å². The fourth-order valence-electron chi connectivity index (χ4n) is 4.83. The second-order valence-electron chi connectivity index (χ2n) is 9.68. The first-order valence-electron chi connectivity index (χ1n) is 13.0. The molecule has 2 aliphatic rings. The number of nitrogens with zero attached hydrogens (tertiary/aromatic N) is 2. The number of hydrogen-bond acceptors (Lipinski definition) is 6. The van der Waals surface area contributed by atoms with Gasteiger partial charge in [0.25, 0.3) is 5.91 Å². The average molecular weight is 570 g/mol. The van der Waals surface area contributed by atoms with Gasteiger partial charge in [0.2, 0.25) is 20.0 Å². The zero-order valence-corrected chi connectivity index (χ0v) is 23.0. The first-order valence-corrected chi connectivity index (χ1v) is 16.0. The Morgan fingerprint density at radius 3 is 2.15 bits per heavy atom. The number of benzene rings is 3. The van der Waals surface area contributed by atoms with E-state index in [4.69, 9.17) is 4.74 Å². The Labute approximate surface area is 229 Å². The first kappa shape index (κ1) is 27.2. The highest BCUT2D eigenvalue weighted by Gasteiger charge is 2.37. The quantitative estimate of drug-likeness (QED) is 0.461. The standard InChI is InChI=1S/C28H31N3O6S2/c32-28(29-23-14-16-24(17-15-23)39(35,36)30-18-8-1-2-9-19-30)27-20-31(25-12-6-7-13-26(25)37-27)38(33,34)21-22-10-4-3-5-11-22/h3-7,10-17,27H,1-2,8-9,18-21H2,(H,29,32)/t27-/m1/s1. The van der Waals surface area contributed by atoms with Crippen molar-refractivity contribution in [2.45, 2.75) is 42.4 Å². The van der Waals surface area contributed by atoms with Gasteiger partial charge in [0.05, 0.1) is 22.9 Å². The molecule has 0 saturated carbocycles. The van der Waals surface area contributed by atoms with Crippen molar-refractivity contribution in [3.8, 4) is 5.75 Å². The van der Waals surface area contributed by atoms with Crippen LogP contribution in [0.1, 0.15) is 31.2 Å². The highest BCUT2D eigenvalue weighted by Crippen LogP contribution is 2.36. The number of ether oxygens (including phenoxy) is 1. The topological polar surface area (TPSA) is 113 Å². The van der Waals surface area contributed by atoms with Gasteiger partial charge in [0.15, 0.2) is 6.10 Å². The summed E-state index contributed by atoms with van der Waals surface area (Å²) in [6, 6.07) is 21.6. The molecular weight excluding hydrogens is 538 g/mol. The van der Waals surface area contributed by atoms with Gasteiger partial charge in [-0.2, -0.15) is 4.31 Å². The van der Waals surface area contributed by atoms with Crippen LogP contribution in [0.4, 0.5) is 11.4 Å². The SMILES string of the molecule is O=C(Nc1ccc(S(=O)(=O)N2CCCCCC2)cc1)[C@H]1CN(S(=O)(=O)Cc2ccccc2)c2ccccc2O1. The van der Waals surface area contributed by atoms with Crippen molar-refractivity contribution >= 4 is 37.3 Å². The zero-order valence-electron chi connectivity index (χ0n) is 21.4. The van der Waals surface area contributed by atoms with Gasteiger partial charge in [0.1, 0.15) is 5.75 Å². The number of nitrogens with one attached hydrogen (secondary N) is 1. The minimum absolute atomic E-state index is 0.170. The van der Waals surface area contributed by atoms with Crippen LogP contribution in [-0.4, -0.2) is 52.8 Å². The largest absolute Gasteiger partial charge is 0.476 e. The lowest BCUT2D eigenvalue weighted by Gasteiger charge is -2.34. The number of carbonyl (C=O) groups is 1. The minimum Gasteiger partial charge on any atom is -0.476 e. The number of para-hydroxylation sites is 2. The third-order valence-electron chi connectivity index (χ3n) is 6.88. The molecule has 39 heavy (non-hydrogen) atoms. The highest BCUT2D eigenvalue weighted by atomic mass is 32.2. The van der Waals surface area contributed by atoms with E-state index < -0.39 is 32.1 Å². The summed E-state index contributed by atoms with van der Waals surface area (Å²) >= 11 is 0. The molecule has 1 amide bonds. The fourth-order valence-corrected chi connectivity index (χ4v) is 7.93. The molecule has 9 nitrogen and oxygen atoms in total. The van der Waals surface area contributed by atoms with E-state index >= 15 is 0 Å². The third-order valence-corrected chi connectivity index (χ3v) is 10.5. The van der Waals surface area contributed by atoms with Gasteiger partial charge < -0.3 is 10.1 Å². The predicted molar refractivity (Wildman–Crippen MR) is 150 cm³/mol. The van der Waals surface area contributed by atoms with Crippen molar-refractivity contribution in [2.24, 2.45) is 0 Å². The number of rotatable bonds is 7. The van der Waals surface area contributed by atoms with Gasteiger partial charge in [-0.1, -0.05) is 55.3 Å². The second-order valence-corrected chi connectivity index (χ2v) is 13.5. The Balaban J connectivity index is 1.32. The van der Waals surface area contributed by atoms with Crippen LogP contribution in [-0.2, 0) is 30.6 Å². The normalized spacial score (nSPS) is 18.5. The number of hydrogen-bond donors (Lipinski definition) is 1. The highest BCUT2D eigenvalue weighted by molar-refractivity contribution is 7.92. The van der Waals surface area contributed by atoms with E-state index in [2.05, 4.69) is 5.32 Å². The van der Waals surface area contributed by atoms with E-state index in [0.29, 0.717) is 35.8 Å². The van der Waals surface area contributed by atoms with Crippen molar-refractivity contribution in [3.05, 3.63) is 84.4 Å². The first-order chi connectivity index (χ1) is 18.7. The molecule has 206 valence electrons. The van der Waals surface area contributed by atoms with E-state index in [1.807, 2.05) is 6.07 Å². The van der Waals surface area contributed by atoms with E-state index in [9.17, 15) is 21.6 Å². The minimum atomic E-state index is -3.82. The molecule has 2 heterocycles. The summed E-state index contributed by atoms with van der Waals surface area (Å²) in [5, 5.41) is 2.74. The molecule has 0 aliphatic carbocycles. The van der Waals surface area contributed by atoms with Gasteiger partial charge in [-0.05, 0) is 54.8 Å². The lowest BCUT2D eigenvalue weighted by molar-refractivity contribution is -0.122. The summed E-state index contributed by atoms with van der Waals surface area (Å²) in [7, 11) is -7.43. The van der Waals surface area contributed by atoms with Crippen molar-refractivity contribution < 1.29 is 26.4 Å². The van der Waals surface area contributed by atoms with E-state index in [1.54, 1.807) is 48.5 Å². The van der Waals surface area contributed by atoms with Crippen molar-refractivity contribution in [2.75, 3.05) is 29.3 Å². The maximum absolute atomic E-state index is 13.4. The maximum atomic E-state index is 13.4. The van der Waals surface area contributed by atoms with Crippen molar-refractivity contribution in [3.63, 3.8) is 0 Å². The van der Waals surface area contributed by atoms with Crippen LogP contribution in [0.15, 0.2) is 83.8 Å². The number of anilines is 2. The molecule has 2 aliphatic heterocycles. The van der Waals surface area contributed by atoms with E-state index in [-0.39, 0.29) is 17.2 Å². The van der Waals surface area contributed by atoms with Crippen LogP contribution in [0.2, 0.25) is 0 Å². The third kappa shape index (κ3) is 6.10. The van der Waals surface area contributed by atoms with Crippen LogP contribution >= 0.6 is 0 Å². The Morgan fingerprint density at radius 1 is 0.821 bits per heavy atom. The molecule has 0 radical (unpaired) electrons. The van der Waals surface area contributed by atoms with Crippen molar-refractivity contribution in [1.82, 2.24) is 4.31 Å². The van der Waals surface area contributed by atoms with Gasteiger partial charge in [0, 0.05) is 18.8 Å². The van der Waals surface area contributed by atoms with Gasteiger partial charge in [-0.25, -0.2) is 16.8 Å². The number of fused-ring (bicyclic) bond motifs is 1. The summed E-state index contributed by atoms with van der Waals surface area (Å²) in [6.07, 6.45) is 2.63. The molecule has 1 saturated heterocycles. The van der Waals surface area contributed by atoms with Crippen molar-refractivity contribution in [1.29, 1.82) is 0 Å². The Hall–Kier alpha value is -3.41. The fraction of sp³-hybridized carbons (Fsp3) is 0.321. The molecule has 3 aromatic carbocycles. The molecule has 1 atom stereocenters. The second kappa shape index (κ2) is 11.4. The lowest BCUT2D eigenvalue weighted by Crippen LogP contribution is -2.49. The molecule has 3 aromatic rings. The summed E-state index contributed by atoms with van der Waals surface area (Å²) in [5.74, 6) is -0.462. The molecule has 1 fully saturated rings. The summed E-state index contributed by atoms with van der Waals surface area (Å²) in [4.78, 5) is 13.4. The molecule has 1 N–H and O–H groups in total. The number of sulfonamides is 2. The molecule has 0 bridgehead atoms. The van der Waals surface area contributed by atoms with Crippen LogP contribution in [0.25, 0.3) is 0 Å². The zero-order chi connectivity index (χ0) is 27.5. The summed E-state index contributed by atoms with van der Waals surface area (Å²) in [6.45, 7) is 0.815. The molecule has 11 heteroatoms. The Bertz CT molecular complexity index is 1520. The van der Waals surface area contributed by atoms with Crippen LogP contribution in [0, 0.1) is 0 Å². The predicted octanol–water partition coefficient (Wildman–Crippen LogP) is 3.99. The summed E-state index contributed by atoms with van der Waals surface area (Å²) in [5.41, 5.74) is 1.40. The number of amides is 1.